The molecule has 0 atom stereocenters. The number of hydrogen-bond donors (Lipinski definition) is 3. The SMILES string of the molecule is NCCNCc1nc2ccsc2c(=O)[nH]1. The van der Waals surface area contributed by atoms with Crippen LogP contribution in [0.4, 0.5) is 0 Å². The zero-order chi connectivity index (χ0) is 10.7. The van der Waals surface area contributed by atoms with Gasteiger partial charge in [-0.2, -0.15) is 0 Å². The normalized spacial score (nSPS) is 11.0. The average molecular weight is 224 g/mol. The van der Waals surface area contributed by atoms with E-state index in [-0.39, 0.29) is 5.56 Å². The molecule has 0 fully saturated rings. The Labute approximate surface area is 90.3 Å². The largest absolute Gasteiger partial charge is 0.329 e. The molecule has 0 aliphatic rings. The van der Waals surface area contributed by atoms with E-state index in [0.717, 1.165) is 5.52 Å². The molecule has 0 saturated carbocycles. The van der Waals surface area contributed by atoms with E-state index in [1.165, 1.54) is 11.3 Å². The number of aromatic amines is 1. The lowest BCUT2D eigenvalue weighted by Crippen LogP contribution is -2.24. The summed E-state index contributed by atoms with van der Waals surface area (Å²) < 4.78 is 0.678. The first-order valence-electron chi connectivity index (χ1n) is 4.68. The van der Waals surface area contributed by atoms with Crippen LogP contribution in [0.2, 0.25) is 0 Å². The molecular weight excluding hydrogens is 212 g/mol. The number of rotatable bonds is 4. The molecule has 2 heterocycles. The van der Waals surface area contributed by atoms with Gasteiger partial charge in [-0.25, -0.2) is 4.98 Å². The number of H-pyrrole nitrogens is 1. The van der Waals surface area contributed by atoms with E-state index in [1.807, 2.05) is 11.4 Å². The molecule has 4 N–H and O–H groups in total. The molecule has 0 aliphatic carbocycles. The summed E-state index contributed by atoms with van der Waals surface area (Å²) in [6, 6.07) is 1.85. The van der Waals surface area contributed by atoms with Gasteiger partial charge in [0.1, 0.15) is 10.5 Å². The molecule has 0 saturated heterocycles. The number of fused-ring (bicyclic) bond motifs is 1. The van der Waals surface area contributed by atoms with Gasteiger partial charge in [-0.3, -0.25) is 4.79 Å². The molecule has 2 aromatic rings. The highest BCUT2D eigenvalue weighted by Crippen LogP contribution is 2.13. The smallest absolute Gasteiger partial charge is 0.268 e. The molecule has 0 aliphatic heterocycles. The molecule has 15 heavy (non-hydrogen) atoms. The van der Waals surface area contributed by atoms with E-state index in [4.69, 9.17) is 5.73 Å². The van der Waals surface area contributed by atoms with Gasteiger partial charge in [0.15, 0.2) is 0 Å². The summed E-state index contributed by atoms with van der Waals surface area (Å²) in [5, 5.41) is 4.95. The number of nitrogens with two attached hydrogens (primary N) is 1. The lowest BCUT2D eigenvalue weighted by molar-refractivity contribution is 0.667. The van der Waals surface area contributed by atoms with Crippen LogP contribution in [0.25, 0.3) is 10.2 Å². The number of aromatic nitrogens is 2. The summed E-state index contributed by atoms with van der Waals surface area (Å²) >= 11 is 1.40. The van der Waals surface area contributed by atoms with Crippen molar-refractivity contribution in [3.8, 4) is 0 Å². The fourth-order valence-electron chi connectivity index (χ4n) is 1.31. The molecule has 0 amide bonds. The maximum Gasteiger partial charge on any atom is 0.268 e. The minimum atomic E-state index is -0.0699. The van der Waals surface area contributed by atoms with Gasteiger partial charge in [0, 0.05) is 13.1 Å². The Morgan fingerprint density at radius 2 is 2.47 bits per heavy atom. The molecule has 2 aromatic heterocycles. The Morgan fingerprint density at radius 3 is 3.27 bits per heavy atom. The highest BCUT2D eigenvalue weighted by atomic mass is 32.1. The summed E-state index contributed by atoms with van der Waals surface area (Å²) in [6.07, 6.45) is 0. The third-order valence-corrected chi connectivity index (χ3v) is 2.88. The topological polar surface area (TPSA) is 83.8 Å². The monoisotopic (exact) mass is 224 g/mol. The van der Waals surface area contributed by atoms with E-state index in [2.05, 4.69) is 15.3 Å². The minimum absolute atomic E-state index is 0.0699. The third kappa shape index (κ3) is 2.23. The van der Waals surface area contributed by atoms with Crippen molar-refractivity contribution >= 4 is 21.6 Å². The summed E-state index contributed by atoms with van der Waals surface area (Å²) in [4.78, 5) is 18.6. The Morgan fingerprint density at radius 1 is 1.60 bits per heavy atom. The van der Waals surface area contributed by atoms with Gasteiger partial charge < -0.3 is 16.0 Å². The predicted molar refractivity (Wildman–Crippen MR) is 61.0 cm³/mol. The second-order valence-electron chi connectivity index (χ2n) is 3.11. The van der Waals surface area contributed by atoms with Gasteiger partial charge in [-0.1, -0.05) is 0 Å². The first kappa shape index (κ1) is 10.3. The Hall–Kier alpha value is -1.24. The maximum atomic E-state index is 11.6. The van der Waals surface area contributed by atoms with E-state index >= 15 is 0 Å². The second kappa shape index (κ2) is 4.52. The van der Waals surface area contributed by atoms with E-state index in [1.54, 1.807) is 0 Å². The van der Waals surface area contributed by atoms with Gasteiger partial charge in [-0.15, -0.1) is 11.3 Å². The van der Waals surface area contributed by atoms with Crippen molar-refractivity contribution < 1.29 is 0 Å². The van der Waals surface area contributed by atoms with Gasteiger partial charge in [0.2, 0.25) is 0 Å². The van der Waals surface area contributed by atoms with E-state index < -0.39 is 0 Å². The average Bonchev–Trinajstić information content (AvgIpc) is 2.66. The van der Waals surface area contributed by atoms with E-state index in [0.29, 0.717) is 30.2 Å². The van der Waals surface area contributed by atoms with Crippen LogP contribution in [0.3, 0.4) is 0 Å². The van der Waals surface area contributed by atoms with Crippen LogP contribution in [0.5, 0.6) is 0 Å². The number of hydrogen-bond acceptors (Lipinski definition) is 5. The van der Waals surface area contributed by atoms with Crippen LogP contribution in [-0.2, 0) is 6.54 Å². The fourth-order valence-corrected chi connectivity index (χ4v) is 2.04. The van der Waals surface area contributed by atoms with Crippen LogP contribution < -0.4 is 16.6 Å². The number of nitrogens with one attached hydrogen (secondary N) is 2. The summed E-state index contributed by atoms with van der Waals surface area (Å²) in [5.74, 6) is 0.652. The third-order valence-electron chi connectivity index (χ3n) is 1.98. The van der Waals surface area contributed by atoms with Gasteiger partial charge >= 0.3 is 0 Å². The summed E-state index contributed by atoms with van der Waals surface area (Å²) in [7, 11) is 0. The van der Waals surface area contributed by atoms with Crippen molar-refractivity contribution in [2.24, 2.45) is 5.73 Å². The highest BCUT2D eigenvalue weighted by Gasteiger charge is 2.03. The fraction of sp³-hybridized carbons (Fsp3) is 0.333. The molecule has 0 spiro atoms. The first-order chi connectivity index (χ1) is 7.31. The zero-order valence-corrected chi connectivity index (χ0v) is 8.93. The summed E-state index contributed by atoms with van der Waals surface area (Å²) in [6.45, 7) is 1.83. The van der Waals surface area contributed by atoms with Crippen LogP contribution >= 0.6 is 11.3 Å². The highest BCUT2D eigenvalue weighted by molar-refractivity contribution is 7.17. The molecular formula is C9H12N4OS. The number of thiophene rings is 1. The summed E-state index contributed by atoms with van der Waals surface area (Å²) in [5.41, 5.74) is 6.03. The number of nitrogens with zero attached hydrogens (tertiary/aromatic N) is 1. The van der Waals surface area contributed by atoms with Crippen molar-refractivity contribution in [3.63, 3.8) is 0 Å². The maximum absolute atomic E-state index is 11.6. The van der Waals surface area contributed by atoms with Crippen LogP contribution in [0.1, 0.15) is 5.82 Å². The standard InChI is InChI=1S/C9H12N4OS/c10-2-3-11-5-7-12-6-1-4-15-8(6)9(14)13-7/h1,4,11H,2-3,5,10H2,(H,12,13,14). The molecule has 6 heteroatoms. The molecule has 5 nitrogen and oxygen atoms in total. The van der Waals surface area contributed by atoms with Crippen molar-refractivity contribution in [1.82, 2.24) is 15.3 Å². The Balaban J connectivity index is 2.25. The van der Waals surface area contributed by atoms with Crippen LogP contribution in [0.15, 0.2) is 16.2 Å². The van der Waals surface area contributed by atoms with Gasteiger partial charge in [0.05, 0.1) is 12.1 Å². The van der Waals surface area contributed by atoms with Crippen molar-refractivity contribution in [1.29, 1.82) is 0 Å². The van der Waals surface area contributed by atoms with E-state index in [9.17, 15) is 4.79 Å². The van der Waals surface area contributed by atoms with Crippen molar-refractivity contribution in [3.05, 3.63) is 27.6 Å². The minimum Gasteiger partial charge on any atom is -0.329 e. The molecule has 0 bridgehead atoms. The van der Waals surface area contributed by atoms with Crippen molar-refractivity contribution in [2.75, 3.05) is 13.1 Å². The molecule has 0 unspecified atom stereocenters. The van der Waals surface area contributed by atoms with Gasteiger partial charge in [0.25, 0.3) is 5.56 Å². The molecule has 0 radical (unpaired) electrons. The second-order valence-corrected chi connectivity index (χ2v) is 4.03. The predicted octanol–water partition coefficient (Wildman–Crippen LogP) is 0.0329. The lowest BCUT2D eigenvalue weighted by Gasteiger charge is -2.01. The quantitative estimate of drug-likeness (QED) is 0.640. The Kier molecular flexibility index (Phi) is 3.10. The molecule has 80 valence electrons. The van der Waals surface area contributed by atoms with Crippen LogP contribution in [0, 0.1) is 0 Å². The lowest BCUT2D eigenvalue weighted by atomic mass is 10.4. The first-order valence-corrected chi connectivity index (χ1v) is 5.56. The Bertz CT molecular complexity index is 504. The molecule has 0 aromatic carbocycles. The van der Waals surface area contributed by atoms with Gasteiger partial charge in [-0.05, 0) is 11.4 Å². The zero-order valence-electron chi connectivity index (χ0n) is 8.12. The van der Waals surface area contributed by atoms with Crippen LogP contribution in [-0.4, -0.2) is 23.1 Å². The van der Waals surface area contributed by atoms with Crippen molar-refractivity contribution in [2.45, 2.75) is 6.54 Å². The molecule has 2 rings (SSSR count).